The van der Waals surface area contributed by atoms with Crippen LogP contribution < -0.4 is 0 Å². The first-order valence-corrected chi connectivity index (χ1v) is 6.41. The van der Waals surface area contributed by atoms with Gasteiger partial charge in [-0.1, -0.05) is 0 Å². The highest BCUT2D eigenvalue weighted by atomic mass is 19.2. The summed E-state index contributed by atoms with van der Waals surface area (Å²) in [7, 11) is 0. The van der Waals surface area contributed by atoms with E-state index in [4.69, 9.17) is 5.26 Å². The lowest BCUT2D eigenvalue weighted by molar-refractivity contribution is 0.0615. The van der Waals surface area contributed by atoms with Crippen molar-refractivity contribution in [2.24, 2.45) is 0 Å². The number of amides is 1. The van der Waals surface area contributed by atoms with Gasteiger partial charge >= 0.3 is 0 Å². The monoisotopic (exact) mass is 279 g/mol. The fraction of sp³-hybridized carbons (Fsp3) is 0.429. The molecule has 0 saturated carbocycles. The van der Waals surface area contributed by atoms with Gasteiger partial charge in [0.1, 0.15) is 0 Å². The molecule has 1 aromatic rings. The Balaban J connectivity index is 2.01. The van der Waals surface area contributed by atoms with Gasteiger partial charge in [0.25, 0.3) is 5.91 Å². The van der Waals surface area contributed by atoms with Crippen molar-refractivity contribution in [1.29, 1.82) is 5.26 Å². The number of piperazine rings is 1. The highest BCUT2D eigenvalue weighted by Gasteiger charge is 2.25. The van der Waals surface area contributed by atoms with Crippen LogP contribution in [0, 0.1) is 23.0 Å². The lowest BCUT2D eigenvalue weighted by Gasteiger charge is -2.35. The van der Waals surface area contributed by atoms with Gasteiger partial charge in [0, 0.05) is 31.7 Å². The van der Waals surface area contributed by atoms with Gasteiger partial charge in [0.15, 0.2) is 11.6 Å². The molecule has 0 spiro atoms. The summed E-state index contributed by atoms with van der Waals surface area (Å²) in [6.07, 6.45) is 0. The number of benzene rings is 1. The number of rotatable bonds is 2. The summed E-state index contributed by atoms with van der Waals surface area (Å²) < 4.78 is 26.0. The number of hydrogen-bond donors (Lipinski definition) is 0. The zero-order valence-electron chi connectivity index (χ0n) is 11.1. The molecule has 0 aromatic heterocycles. The predicted molar refractivity (Wildman–Crippen MR) is 68.9 cm³/mol. The molecule has 106 valence electrons. The first-order valence-electron chi connectivity index (χ1n) is 6.41. The first kappa shape index (κ1) is 14.4. The van der Waals surface area contributed by atoms with Crippen LogP contribution in [0.1, 0.15) is 17.3 Å². The second-order valence-corrected chi connectivity index (χ2v) is 4.76. The van der Waals surface area contributed by atoms with Crippen molar-refractivity contribution >= 4 is 5.91 Å². The Labute approximate surface area is 116 Å². The Kier molecular flexibility index (Phi) is 4.30. The van der Waals surface area contributed by atoms with Crippen LogP contribution in [0.5, 0.6) is 0 Å². The molecule has 0 aliphatic carbocycles. The van der Waals surface area contributed by atoms with E-state index in [1.807, 2.05) is 11.8 Å². The summed E-state index contributed by atoms with van der Waals surface area (Å²) in [5.41, 5.74) is 0.144. The quantitative estimate of drug-likeness (QED) is 0.826. The molecular formula is C14H15F2N3O. The largest absolute Gasteiger partial charge is 0.336 e. The average Bonchev–Trinajstić information content (AvgIpc) is 2.48. The fourth-order valence-electron chi connectivity index (χ4n) is 2.21. The SMILES string of the molecule is CC(C#N)N1CCN(C(=O)c2ccc(F)c(F)c2)CC1. The minimum absolute atomic E-state index is 0.144. The Hall–Kier alpha value is -2.00. The van der Waals surface area contributed by atoms with E-state index in [0.29, 0.717) is 26.2 Å². The van der Waals surface area contributed by atoms with E-state index in [1.54, 1.807) is 4.90 Å². The zero-order valence-corrected chi connectivity index (χ0v) is 11.1. The molecule has 4 nitrogen and oxygen atoms in total. The molecule has 1 saturated heterocycles. The van der Waals surface area contributed by atoms with Crippen LogP contribution >= 0.6 is 0 Å². The third-order valence-corrected chi connectivity index (χ3v) is 3.50. The summed E-state index contributed by atoms with van der Waals surface area (Å²) in [5.74, 6) is -2.30. The summed E-state index contributed by atoms with van der Waals surface area (Å²) in [6, 6.07) is 5.13. The van der Waals surface area contributed by atoms with Crippen molar-refractivity contribution in [2.75, 3.05) is 26.2 Å². The molecule has 0 N–H and O–H groups in total. The maximum atomic E-state index is 13.1. The molecule has 1 heterocycles. The van der Waals surface area contributed by atoms with Gasteiger partial charge in [-0.05, 0) is 25.1 Å². The number of carbonyl (C=O) groups is 1. The van der Waals surface area contributed by atoms with Crippen molar-refractivity contribution in [2.45, 2.75) is 13.0 Å². The lowest BCUT2D eigenvalue weighted by atomic mass is 10.1. The Morgan fingerprint density at radius 2 is 1.90 bits per heavy atom. The zero-order chi connectivity index (χ0) is 14.7. The third-order valence-electron chi connectivity index (χ3n) is 3.50. The second-order valence-electron chi connectivity index (χ2n) is 4.76. The van der Waals surface area contributed by atoms with Crippen molar-refractivity contribution in [3.05, 3.63) is 35.4 Å². The Morgan fingerprint density at radius 3 is 2.45 bits per heavy atom. The van der Waals surface area contributed by atoms with E-state index in [2.05, 4.69) is 6.07 Å². The fourth-order valence-corrected chi connectivity index (χ4v) is 2.21. The van der Waals surface area contributed by atoms with Gasteiger partial charge in [0.05, 0.1) is 12.1 Å². The highest BCUT2D eigenvalue weighted by Crippen LogP contribution is 2.13. The Bertz CT molecular complexity index is 548. The molecule has 1 amide bonds. The topological polar surface area (TPSA) is 47.3 Å². The molecule has 1 fully saturated rings. The molecule has 1 aromatic carbocycles. The van der Waals surface area contributed by atoms with Crippen LogP contribution in [0.3, 0.4) is 0 Å². The van der Waals surface area contributed by atoms with Crippen LogP contribution in [0.4, 0.5) is 8.78 Å². The van der Waals surface area contributed by atoms with Gasteiger partial charge in [-0.3, -0.25) is 9.69 Å². The van der Waals surface area contributed by atoms with E-state index in [9.17, 15) is 13.6 Å². The van der Waals surface area contributed by atoms with Gasteiger partial charge in [-0.2, -0.15) is 5.26 Å². The van der Waals surface area contributed by atoms with E-state index in [-0.39, 0.29) is 17.5 Å². The highest BCUT2D eigenvalue weighted by molar-refractivity contribution is 5.94. The molecule has 2 rings (SSSR count). The van der Waals surface area contributed by atoms with E-state index >= 15 is 0 Å². The minimum atomic E-state index is -1.02. The number of halogens is 2. The smallest absolute Gasteiger partial charge is 0.254 e. The molecular weight excluding hydrogens is 264 g/mol. The van der Waals surface area contributed by atoms with Gasteiger partial charge in [-0.25, -0.2) is 8.78 Å². The molecule has 1 atom stereocenters. The average molecular weight is 279 g/mol. The molecule has 0 bridgehead atoms. The predicted octanol–water partition coefficient (Wildman–Crippen LogP) is 1.63. The number of nitriles is 1. The molecule has 1 aliphatic heterocycles. The molecule has 1 unspecified atom stereocenters. The lowest BCUT2D eigenvalue weighted by Crippen LogP contribution is -2.51. The van der Waals surface area contributed by atoms with Crippen molar-refractivity contribution < 1.29 is 13.6 Å². The molecule has 6 heteroatoms. The number of hydrogen-bond acceptors (Lipinski definition) is 3. The number of nitrogens with zero attached hydrogens (tertiary/aromatic N) is 3. The van der Waals surface area contributed by atoms with Crippen molar-refractivity contribution in [3.8, 4) is 6.07 Å². The van der Waals surface area contributed by atoms with Crippen LogP contribution in [0.25, 0.3) is 0 Å². The van der Waals surface area contributed by atoms with E-state index < -0.39 is 11.6 Å². The second kappa shape index (κ2) is 5.97. The normalized spacial score (nSPS) is 17.6. The minimum Gasteiger partial charge on any atom is -0.336 e. The first-order chi connectivity index (χ1) is 9.52. The Morgan fingerprint density at radius 1 is 1.25 bits per heavy atom. The molecule has 1 aliphatic rings. The molecule has 0 radical (unpaired) electrons. The summed E-state index contributed by atoms with van der Waals surface area (Å²) in [6.45, 7) is 3.97. The van der Waals surface area contributed by atoms with E-state index in [0.717, 1.165) is 12.1 Å². The van der Waals surface area contributed by atoms with Gasteiger partial charge < -0.3 is 4.90 Å². The van der Waals surface area contributed by atoms with Gasteiger partial charge in [0.2, 0.25) is 0 Å². The van der Waals surface area contributed by atoms with Gasteiger partial charge in [-0.15, -0.1) is 0 Å². The van der Waals surface area contributed by atoms with Crippen molar-refractivity contribution in [3.63, 3.8) is 0 Å². The van der Waals surface area contributed by atoms with Crippen LogP contribution in [0.2, 0.25) is 0 Å². The number of carbonyl (C=O) groups excluding carboxylic acids is 1. The van der Waals surface area contributed by atoms with E-state index in [1.165, 1.54) is 6.07 Å². The third kappa shape index (κ3) is 2.94. The molecule has 20 heavy (non-hydrogen) atoms. The standard InChI is InChI=1S/C14H15F2N3O/c1-10(9-17)18-4-6-19(7-5-18)14(20)11-2-3-12(15)13(16)8-11/h2-3,8,10H,4-7H2,1H3. The summed E-state index contributed by atoms with van der Waals surface area (Å²) >= 11 is 0. The van der Waals surface area contributed by atoms with Crippen LogP contribution in [0.15, 0.2) is 18.2 Å². The maximum absolute atomic E-state index is 13.1. The summed E-state index contributed by atoms with van der Waals surface area (Å²) in [4.78, 5) is 15.7. The maximum Gasteiger partial charge on any atom is 0.254 e. The summed E-state index contributed by atoms with van der Waals surface area (Å²) in [5, 5.41) is 8.85. The van der Waals surface area contributed by atoms with Crippen LogP contribution in [-0.4, -0.2) is 47.9 Å². The van der Waals surface area contributed by atoms with Crippen molar-refractivity contribution in [1.82, 2.24) is 9.80 Å². The van der Waals surface area contributed by atoms with Crippen LogP contribution in [-0.2, 0) is 0 Å².